The van der Waals surface area contributed by atoms with E-state index in [9.17, 15) is 4.79 Å². The van der Waals surface area contributed by atoms with Crippen molar-refractivity contribution in [1.29, 1.82) is 0 Å². The van der Waals surface area contributed by atoms with E-state index < -0.39 is 0 Å². The average Bonchev–Trinajstić information content (AvgIpc) is 2.14. The molecule has 0 aliphatic carbocycles. The maximum Gasteiger partial charge on any atom is 0.239 e. The molecule has 3 nitrogen and oxygen atoms in total. The van der Waals surface area contributed by atoms with E-state index >= 15 is 0 Å². The largest absolute Gasteiger partial charge is 0.339 e. The fraction of sp³-hybridized carbons (Fsp3) is 0.900. The minimum Gasteiger partial charge on any atom is -0.339 e. The van der Waals surface area contributed by atoms with E-state index in [0.717, 1.165) is 19.5 Å². The van der Waals surface area contributed by atoms with Gasteiger partial charge in [-0.25, -0.2) is 0 Å². The number of hydrogen-bond acceptors (Lipinski definition) is 3. The van der Waals surface area contributed by atoms with Crippen molar-refractivity contribution in [1.82, 2.24) is 4.90 Å². The minimum atomic E-state index is -0.308. The van der Waals surface area contributed by atoms with Crippen LogP contribution in [-0.4, -0.2) is 40.4 Å². The van der Waals surface area contributed by atoms with Crippen molar-refractivity contribution >= 4 is 17.7 Å². The Balaban J connectivity index is 2.54. The summed E-state index contributed by atoms with van der Waals surface area (Å²) in [7, 11) is 0. The lowest BCUT2D eigenvalue weighted by Crippen LogP contribution is -2.50. The fourth-order valence-electron chi connectivity index (χ4n) is 1.77. The van der Waals surface area contributed by atoms with E-state index in [4.69, 9.17) is 5.73 Å². The number of nitrogens with two attached hydrogens (primary N) is 1. The zero-order valence-electron chi connectivity index (χ0n) is 9.19. The first kappa shape index (κ1) is 11.9. The van der Waals surface area contributed by atoms with Gasteiger partial charge >= 0.3 is 0 Å². The lowest BCUT2D eigenvalue weighted by molar-refractivity contribution is -0.132. The molecule has 1 saturated heterocycles. The quantitative estimate of drug-likeness (QED) is 0.751. The SMILES string of the molecule is CCC(N)C(=O)N1CC(C)SC(C)C1. The molecule has 0 aromatic carbocycles. The van der Waals surface area contributed by atoms with E-state index in [0.29, 0.717) is 10.5 Å². The van der Waals surface area contributed by atoms with Gasteiger partial charge in [-0.1, -0.05) is 20.8 Å². The Morgan fingerprint density at radius 1 is 1.50 bits per heavy atom. The number of rotatable bonds is 2. The molecule has 4 heteroatoms. The second-order valence-corrected chi connectivity index (χ2v) is 5.90. The molecule has 0 aromatic heterocycles. The molecule has 1 amide bonds. The van der Waals surface area contributed by atoms with Gasteiger partial charge in [0.15, 0.2) is 0 Å². The molecule has 3 atom stereocenters. The van der Waals surface area contributed by atoms with E-state index in [1.807, 2.05) is 23.6 Å². The van der Waals surface area contributed by atoms with Crippen molar-refractivity contribution in [2.45, 2.75) is 43.7 Å². The third-order valence-electron chi connectivity index (χ3n) is 2.49. The molecule has 3 unspecified atom stereocenters. The Bertz CT molecular complexity index is 200. The third kappa shape index (κ3) is 2.89. The van der Waals surface area contributed by atoms with E-state index in [1.165, 1.54) is 0 Å². The zero-order chi connectivity index (χ0) is 10.7. The lowest BCUT2D eigenvalue weighted by Gasteiger charge is -2.35. The number of carbonyl (C=O) groups excluding carboxylic acids is 1. The summed E-state index contributed by atoms with van der Waals surface area (Å²) in [6.45, 7) is 7.98. The lowest BCUT2D eigenvalue weighted by atomic mass is 10.2. The van der Waals surface area contributed by atoms with Crippen LogP contribution in [0.3, 0.4) is 0 Å². The highest BCUT2D eigenvalue weighted by Crippen LogP contribution is 2.24. The van der Waals surface area contributed by atoms with Crippen LogP contribution in [0.2, 0.25) is 0 Å². The summed E-state index contributed by atoms with van der Waals surface area (Å²) < 4.78 is 0. The normalized spacial score (nSPS) is 30.1. The highest BCUT2D eigenvalue weighted by Gasteiger charge is 2.27. The Morgan fingerprint density at radius 3 is 2.43 bits per heavy atom. The Labute approximate surface area is 90.4 Å². The first-order chi connectivity index (χ1) is 6.54. The van der Waals surface area contributed by atoms with Gasteiger partial charge in [0.25, 0.3) is 0 Å². The first-order valence-corrected chi connectivity index (χ1v) is 6.18. The van der Waals surface area contributed by atoms with Crippen molar-refractivity contribution in [3.05, 3.63) is 0 Å². The molecule has 1 aliphatic heterocycles. The van der Waals surface area contributed by atoms with Crippen molar-refractivity contribution < 1.29 is 4.79 Å². The molecule has 0 spiro atoms. The molecule has 0 aromatic rings. The topological polar surface area (TPSA) is 46.3 Å². The summed E-state index contributed by atoms with van der Waals surface area (Å²) in [6.07, 6.45) is 0.727. The number of thioether (sulfide) groups is 1. The molecule has 0 saturated carbocycles. The van der Waals surface area contributed by atoms with Crippen LogP contribution < -0.4 is 5.73 Å². The molecular weight excluding hydrogens is 196 g/mol. The maximum atomic E-state index is 11.8. The van der Waals surface area contributed by atoms with Crippen LogP contribution in [0.1, 0.15) is 27.2 Å². The number of nitrogens with zero attached hydrogens (tertiary/aromatic N) is 1. The molecule has 1 aliphatic rings. The smallest absolute Gasteiger partial charge is 0.239 e. The van der Waals surface area contributed by atoms with Crippen LogP contribution in [0.25, 0.3) is 0 Å². The molecular formula is C10H20N2OS. The zero-order valence-corrected chi connectivity index (χ0v) is 10.0. The highest BCUT2D eigenvalue weighted by atomic mass is 32.2. The minimum absolute atomic E-state index is 0.117. The van der Waals surface area contributed by atoms with Gasteiger partial charge in [0.05, 0.1) is 6.04 Å². The van der Waals surface area contributed by atoms with Gasteiger partial charge in [-0.2, -0.15) is 11.8 Å². The Kier molecular flexibility index (Phi) is 4.26. The number of amides is 1. The van der Waals surface area contributed by atoms with Gasteiger partial charge in [-0.3, -0.25) is 4.79 Å². The van der Waals surface area contributed by atoms with Crippen molar-refractivity contribution in [3.63, 3.8) is 0 Å². The predicted octanol–water partition coefficient (Wildman–Crippen LogP) is 1.08. The van der Waals surface area contributed by atoms with Gasteiger partial charge in [0, 0.05) is 23.6 Å². The second-order valence-electron chi connectivity index (χ2n) is 4.02. The fourth-order valence-corrected chi connectivity index (χ4v) is 3.09. The van der Waals surface area contributed by atoms with Gasteiger partial charge in [0.2, 0.25) is 5.91 Å². The average molecular weight is 216 g/mol. The van der Waals surface area contributed by atoms with Crippen LogP contribution in [0, 0.1) is 0 Å². The molecule has 1 rings (SSSR count). The van der Waals surface area contributed by atoms with Crippen LogP contribution in [0.4, 0.5) is 0 Å². The summed E-state index contributed by atoms with van der Waals surface area (Å²) in [5, 5.41) is 1.07. The maximum absolute atomic E-state index is 11.8. The van der Waals surface area contributed by atoms with E-state index in [2.05, 4.69) is 13.8 Å². The summed E-state index contributed by atoms with van der Waals surface area (Å²) in [4.78, 5) is 13.7. The second kappa shape index (κ2) is 5.03. The van der Waals surface area contributed by atoms with Gasteiger partial charge < -0.3 is 10.6 Å². The highest BCUT2D eigenvalue weighted by molar-refractivity contribution is 8.00. The van der Waals surface area contributed by atoms with Crippen molar-refractivity contribution in [2.24, 2.45) is 5.73 Å². The van der Waals surface area contributed by atoms with Crippen LogP contribution in [0.5, 0.6) is 0 Å². The molecule has 82 valence electrons. The Hall–Kier alpha value is -0.220. The van der Waals surface area contributed by atoms with Crippen molar-refractivity contribution in [3.8, 4) is 0 Å². The van der Waals surface area contributed by atoms with Crippen LogP contribution >= 0.6 is 11.8 Å². The van der Waals surface area contributed by atoms with Gasteiger partial charge in [0.1, 0.15) is 0 Å². The van der Waals surface area contributed by atoms with Gasteiger partial charge in [-0.15, -0.1) is 0 Å². The molecule has 1 heterocycles. The predicted molar refractivity (Wildman–Crippen MR) is 61.4 cm³/mol. The molecule has 14 heavy (non-hydrogen) atoms. The summed E-state index contributed by atoms with van der Waals surface area (Å²) in [5.41, 5.74) is 5.74. The van der Waals surface area contributed by atoms with Crippen molar-refractivity contribution in [2.75, 3.05) is 13.1 Å². The molecule has 0 radical (unpaired) electrons. The van der Waals surface area contributed by atoms with E-state index in [1.54, 1.807) is 0 Å². The monoisotopic (exact) mass is 216 g/mol. The molecule has 1 fully saturated rings. The van der Waals surface area contributed by atoms with Crippen LogP contribution in [0.15, 0.2) is 0 Å². The summed E-state index contributed by atoms with van der Waals surface area (Å²) in [5.74, 6) is 0.117. The number of carbonyl (C=O) groups is 1. The number of hydrogen-bond donors (Lipinski definition) is 1. The standard InChI is InChI=1S/C10H20N2OS/c1-4-9(11)10(13)12-5-7(2)14-8(3)6-12/h7-9H,4-6,11H2,1-3H3. The van der Waals surface area contributed by atoms with Crippen LogP contribution in [-0.2, 0) is 4.79 Å². The summed E-state index contributed by atoms with van der Waals surface area (Å²) in [6, 6.07) is -0.308. The first-order valence-electron chi connectivity index (χ1n) is 5.24. The molecule has 2 N–H and O–H groups in total. The summed E-state index contributed by atoms with van der Waals surface area (Å²) >= 11 is 1.95. The third-order valence-corrected chi connectivity index (χ3v) is 3.72. The Morgan fingerprint density at radius 2 is 2.00 bits per heavy atom. The van der Waals surface area contributed by atoms with Gasteiger partial charge in [-0.05, 0) is 6.42 Å². The molecule has 0 bridgehead atoms. The van der Waals surface area contributed by atoms with E-state index in [-0.39, 0.29) is 11.9 Å².